The molecule has 1 aromatic rings. The largest absolute Gasteiger partial charge is 0.573 e. The number of alkyl halides is 3. The van der Waals surface area contributed by atoms with E-state index in [0.29, 0.717) is 6.07 Å². The van der Waals surface area contributed by atoms with Gasteiger partial charge < -0.3 is 19.3 Å². The van der Waals surface area contributed by atoms with Gasteiger partial charge in [-0.1, -0.05) is 0 Å². The normalized spacial score (nSPS) is 10.9. The van der Waals surface area contributed by atoms with Gasteiger partial charge in [0.2, 0.25) is 0 Å². The van der Waals surface area contributed by atoms with Crippen LogP contribution in [0.15, 0.2) is 6.07 Å². The van der Waals surface area contributed by atoms with Crippen LogP contribution in [0, 0.1) is 0 Å². The Morgan fingerprint density at radius 2 is 2.00 bits per heavy atom. The molecular weight excluding hydrogens is 259 g/mol. The molecule has 0 atom stereocenters. The summed E-state index contributed by atoms with van der Waals surface area (Å²) >= 11 is 0. The number of hydrogen-bond acceptors (Lipinski definition) is 6. The lowest BCUT2D eigenvalue weighted by molar-refractivity contribution is -0.275. The summed E-state index contributed by atoms with van der Waals surface area (Å²) < 4.78 is 48.5. The van der Waals surface area contributed by atoms with Crippen molar-refractivity contribution in [1.29, 1.82) is 0 Å². The first-order chi connectivity index (χ1) is 8.28. The number of aromatic nitrogens is 1. The van der Waals surface area contributed by atoms with E-state index in [1.54, 1.807) is 0 Å². The van der Waals surface area contributed by atoms with Gasteiger partial charge in [-0.15, -0.1) is 13.2 Å². The number of methoxy groups -OCH3 is 2. The average Bonchev–Trinajstić information content (AvgIpc) is 2.26. The summed E-state index contributed by atoms with van der Waals surface area (Å²) in [5, 5.41) is 9.34. The van der Waals surface area contributed by atoms with Crippen molar-refractivity contribution in [1.82, 2.24) is 4.98 Å². The van der Waals surface area contributed by atoms with E-state index >= 15 is 0 Å². The van der Waals surface area contributed by atoms with Crippen molar-refractivity contribution in [2.45, 2.75) is 6.36 Å². The second-order valence-corrected chi connectivity index (χ2v) is 2.90. The number of pyridine rings is 1. The fourth-order valence-electron chi connectivity index (χ4n) is 1.06. The van der Waals surface area contributed by atoms with Crippen LogP contribution in [0.3, 0.4) is 0 Å². The molecule has 9 heteroatoms. The molecule has 1 aromatic heterocycles. The molecule has 0 aliphatic carbocycles. The highest BCUT2D eigenvalue weighted by atomic mass is 19.4. The molecule has 6 nitrogen and oxygen atoms in total. The minimum Gasteiger partial charge on any atom is -0.505 e. The van der Waals surface area contributed by atoms with Crippen molar-refractivity contribution < 1.29 is 37.3 Å². The van der Waals surface area contributed by atoms with Gasteiger partial charge in [0.15, 0.2) is 17.2 Å². The molecule has 0 spiro atoms. The molecular formula is C9H8F3NO5. The molecule has 1 heterocycles. The van der Waals surface area contributed by atoms with Gasteiger partial charge in [0.25, 0.3) is 5.88 Å². The van der Waals surface area contributed by atoms with Crippen molar-refractivity contribution >= 4 is 5.97 Å². The Kier molecular flexibility index (Phi) is 3.84. The zero-order chi connectivity index (χ0) is 13.9. The molecule has 0 amide bonds. The minimum absolute atomic E-state index is 0.561. The molecule has 1 N–H and O–H groups in total. The third-order valence-corrected chi connectivity index (χ3v) is 1.73. The lowest BCUT2D eigenvalue weighted by atomic mass is 10.3. The zero-order valence-electron chi connectivity index (χ0n) is 9.24. The van der Waals surface area contributed by atoms with E-state index in [2.05, 4.69) is 19.2 Å². The number of rotatable bonds is 3. The molecule has 0 unspecified atom stereocenters. The average molecular weight is 267 g/mol. The Labute approximate surface area is 98.9 Å². The topological polar surface area (TPSA) is 77.9 Å². The summed E-state index contributed by atoms with van der Waals surface area (Å²) in [6.45, 7) is 0. The maximum absolute atomic E-state index is 12.0. The first-order valence-electron chi connectivity index (χ1n) is 4.40. The number of hydrogen-bond donors (Lipinski definition) is 1. The van der Waals surface area contributed by atoms with E-state index in [-0.39, 0.29) is 0 Å². The van der Waals surface area contributed by atoms with Crippen LogP contribution in [0.2, 0.25) is 0 Å². The SMILES string of the molecule is COC(=O)c1nc(OC)c(OC(F)(F)F)cc1O. The fraction of sp³-hybridized carbons (Fsp3) is 0.333. The van der Waals surface area contributed by atoms with Gasteiger partial charge in [0, 0.05) is 6.07 Å². The standard InChI is InChI=1S/C9H8F3NO5/c1-16-7-5(18-9(10,11)12)3-4(14)6(13-7)8(15)17-2/h3,14H,1-2H3. The van der Waals surface area contributed by atoms with Crippen LogP contribution < -0.4 is 9.47 Å². The van der Waals surface area contributed by atoms with Gasteiger partial charge >= 0.3 is 12.3 Å². The summed E-state index contributed by atoms with van der Waals surface area (Å²) in [7, 11) is 2.06. The highest BCUT2D eigenvalue weighted by Crippen LogP contribution is 2.34. The summed E-state index contributed by atoms with van der Waals surface area (Å²) in [6, 6.07) is 0.561. The minimum atomic E-state index is -4.98. The molecule has 0 fully saturated rings. The number of nitrogens with zero attached hydrogens (tertiary/aromatic N) is 1. The summed E-state index contributed by atoms with van der Waals surface area (Å²) in [6.07, 6.45) is -4.98. The van der Waals surface area contributed by atoms with Crippen molar-refractivity contribution in [3.63, 3.8) is 0 Å². The van der Waals surface area contributed by atoms with Crippen LogP contribution in [0.4, 0.5) is 13.2 Å². The van der Waals surface area contributed by atoms with Crippen molar-refractivity contribution in [2.75, 3.05) is 14.2 Å². The van der Waals surface area contributed by atoms with Crippen molar-refractivity contribution in [3.05, 3.63) is 11.8 Å². The predicted octanol–water partition coefficient (Wildman–Crippen LogP) is 1.48. The molecule has 0 aromatic carbocycles. The molecule has 0 aliphatic heterocycles. The van der Waals surface area contributed by atoms with E-state index < -0.39 is 35.4 Å². The molecule has 0 saturated heterocycles. The number of halogens is 3. The Balaban J connectivity index is 3.23. The Morgan fingerprint density at radius 3 is 2.44 bits per heavy atom. The fourth-order valence-corrected chi connectivity index (χ4v) is 1.06. The maximum Gasteiger partial charge on any atom is 0.573 e. The van der Waals surface area contributed by atoms with E-state index in [1.165, 1.54) is 0 Å². The third-order valence-electron chi connectivity index (χ3n) is 1.73. The van der Waals surface area contributed by atoms with Gasteiger partial charge in [0.05, 0.1) is 14.2 Å². The van der Waals surface area contributed by atoms with E-state index in [0.717, 1.165) is 14.2 Å². The Bertz CT molecular complexity index is 460. The van der Waals surface area contributed by atoms with Crippen LogP contribution >= 0.6 is 0 Å². The van der Waals surface area contributed by atoms with Gasteiger partial charge in [0.1, 0.15) is 0 Å². The molecule has 18 heavy (non-hydrogen) atoms. The van der Waals surface area contributed by atoms with Crippen LogP contribution in [0.1, 0.15) is 10.5 Å². The highest BCUT2D eigenvalue weighted by molar-refractivity contribution is 5.90. The van der Waals surface area contributed by atoms with Crippen LogP contribution in [0.25, 0.3) is 0 Å². The lowest BCUT2D eigenvalue weighted by Gasteiger charge is -2.13. The van der Waals surface area contributed by atoms with Crippen LogP contribution in [0.5, 0.6) is 17.4 Å². The summed E-state index contributed by atoms with van der Waals surface area (Å²) in [5.41, 5.74) is -0.580. The number of carbonyl (C=O) groups excluding carboxylic acids is 1. The van der Waals surface area contributed by atoms with Crippen LogP contribution in [-0.2, 0) is 4.74 Å². The highest BCUT2D eigenvalue weighted by Gasteiger charge is 2.34. The molecule has 0 bridgehead atoms. The van der Waals surface area contributed by atoms with Gasteiger partial charge in [-0.3, -0.25) is 0 Å². The molecule has 1 rings (SSSR count). The Hall–Kier alpha value is -2.19. The zero-order valence-corrected chi connectivity index (χ0v) is 9.24. The number of carbonyl (C=O) groups is 1. The summed E-state index contributed by atoms with van der Waals surface area (Å²) in [4.78, 5) is 14.5. The molecule has 100 valence electrons. The molecule has 0 radical (unpaired) electrons. The quantitative estimate of drug-likeness (QED) is 0.836. The maximum atomic E-state index is 12.0. The van der Waals surface area contributed by atoms with Gasteiger partial charge in [-0.2, -0.15) is 4.98 Å². The lowest BCUT2D eigenvalue weighted by Crippen LogP contribution is -2.18. The van der Waals surface area contributed by atoms with Crippen molar-refractivity contribution in [2.24, 2.45) is 0 Å². The van der Waals surface area contributed by atoms with Crippen molar-refractivity contribution in [3.8, 4) is 17.4 Å². The van der Waals surface area contributed by atoms with Crippen LogP contribution in [-0.4, -0.2) is 36.6 Å². The molecule has 0 saturated carbocycles. The monoisotopic (exact) mass is 267 g/mol. The predicted molar refractivity (Wildman–Crippen MR) is 50.5 cm³/mol. The van der Waals surface area contributed by atoms with E-state index in [9.17, 15) is 23.1 Å². The Morgan fingerprint density at radius 1 is 1.39 bits per heavy atom. The smallest absolute Gasteiger partial charge is 0.505 e. The first-order valence-corrected chi connectivity index (χ1v) is 4.40. The first kappa shape index (κ1) is 13.9. The number of esters is 1. The van der Waals surface area contributed by atoms with E-state index in [4.69, 9.17) is 0 Å². The number of ether oxygens (including phenoxy) is 3. The second kappa shape index (κ2) is 4.98. The van der Waals surface area contributed by atoms with Gasteiger partial charge in [-0.05, 0) is 0 Å². The number of aromatic hydroxyl groups is 1. The third kappa shape index (κ3) is 3.15. The molecule has 0 aliphatic rings. The van der Waals surface area contributed by atoms with Gasteiger partial charge in [-0.25, -0.2) is 4.79 Å². The summed E-state index contributed by atoms with van der Waals surface area (Å²) in [5.74, 6) is -3.31. The second-order valence-electron chi connectivity index (χ2n) is 2.90. The van der Waals surface area contributed by atoms with E-state index in [1.807, 2.05) is 0 Å².